The van der Waals surface area contributed by atoms with E-state index in [0.29, 0.717) is 6.42 Å². The van der Waals surface area contributed by atoms with Gasteiger partial charge in [0.05, 0.1) is 5.69 Å². The molecule has 2 nitrogen and oxygen atoms in total. The Morgan fingerprint density at radius 2 is 1.78 bits per heavy atom. The number of hydrogen-bond donors (Lipinski definition) is 0. The number of rotatable bonds is 3. The maximum absolute atomic E-state index is 11.2. The summed E-state index contributed by atoms with van der Waals surface area (Å²) in [5, 5.41) is 0. The number of carbonyl (C=O) groups is 1. The molecule has 2 rings (SSSR count). The minimum Gasteiger partial charge on any atom is -0.300 e. The van der Waals surface area contributed by atoms with Crippen molar-refractivity contribution in [1.82, 2.24) is 0 Å². The quantitative estimate of drug-likeness (QED) is 0.839. The Hall–Kier alpha value is -1.26. The van der Waals surface area contributed by atoms with Crippen LogP contribution in [0, 0.1) is 13.8 Å². The third-order valence-corrected chi connectivity index (χ3v) is 5.01. The monoisotopic (exact) mass is 277 g/mol. The molecule has 0 radical (unpaired) electrons. The molecule has 0 aliphatic rings. The number of ketones is 1. The fourth-order valence-corrected chi connectivity index (χ4v) is 3.87. The van der Waals surface area contributed by atoms with Gasteiger partial charge in [-0.25, -0.2) is 4.99 Å². The first-order valence-electron chi connectivity index (χ1n) is 5.75. The van der Waals surface area contributed by atoms with Gasteiger partial charge in [0, 0.05) is 16.2 Å². The van der Waals surface area contributed by atoms with E-state index in [-0.39, 0.29) is 5.78 Å². The van der Waals surface area contributed by atoms with Gasteiger partial charge in [-0.15, -0.1) is 22.7 Å². The average molecular weight is 277 g/mol. The summed E-state index contributed by atoms with van der Waals surface area (Å²) in [6.07, 6.45) is 0.452. The second kappa shape index (κ2) is 5.59. The van der Waals surface area contributed by atoms with Crippen molar-refractivity contribution < 1.29 is 4.79 Å². The predicted molar refractivity (Wildman–Crippen MR) is 77.7 cm³/mol. The normalized spacial score (nSPS) is 10.4. The van der Waals surface area contributed by atoms with Crippen molar-refractivity contribution in [2.45, 2.75) is 27.2 Å². The first-order chi connectivity index (χ1) is 8.56. The minimum atomic E-state index is 0.167. The summed E-state index contributed by atoms with van der Waals surface area (Å²) < 4.78 is 1.04. The molecule has 0 fully saturated rings. The van der Waals surface area contributed by atoms with Crippen LogP contribution in [-0.2, 0) is 11.2 Å². The Balaban J connectivity index is 2.45. The molecular formula is C14H15NOS2. The van der Waals surface area contributed by atoms with Crippen LogP contribution in [0.15, 0.2) is 29.3 Å². The number of para-hydroxylation sites is 1. The molecule has 1 aromatic heterocycles. The fraction of sp³-hybridized carbons (Fsp3) is 0.286. The Morgan fingerprint density at radius 1 is 1.17 bits per heavy atom. The topological polar surface area (TPSA) is 29.4 Å². The summed E-state index contributed by atoms with van der Waals surface area (Å²) in [6, 6.07) is 7.85. The highest BCUT2D eigenvalue weighted by atomic mass is 32.2. The lowest BCUT2D eigenvalue weighted by Gasteiger charge is -2.01. The third-order valence-electron chi connectivity index (χ3n) is 2.62. The molecule has 0 saturated carbocycles. The van der Waals surface area contributed by atoms with Crippen LogP contribution in [0.2, 0.25) is 0 Å². The maximum Gasteiger partial charge on any atom is 0.171 e. The summed E-state index contributed by atoms with van der Waals surface area (Å²) >= 11 is 3.41. The van der Waals surface area contributed by atoms with Gasteiger partial charge in [0.2, 0.25) is 0 Å². The zero-order chi connectivity index (χ0) is 13.1. The second-order valence-electron chi connectivity index (χ2n) is 4.20. The molecule has 4 heteroatoms. The molecule has 1 heterocycles. The lowest BCUT2D eigenvalue weighted by molar-refractivity contribution is -0.116. The van der Waals surface area contributed by atoms with E-state index in [0.717, 1.165) is 15.2 Å². The molecular weight excluding hydrogens is 262 g/mol. The highest BCUT2D eigenvalue weighted by Crippen LogP contribution is 2.21. The van der Waals surface area contributed by atoms with E-state index in [9.17, 15) is 4.79 Å². The van der Waals surface area contributed by atoms with Crippen LogP contribution < -0.4 is 3.98 Å². The van der Waals surface area contributed by atoms with Gasteiger partial charge >= 0.3 is 0 Å². The molecule has 94 valence electrons. The van der Waals surface area contributed by atoms with Crippen LogP contribution in [0.4, 0.5) is 5.69 Å². The minimum absolute atomic E-state index is 0.167. The van der Waals surface area contributed by atoms with Crippen LogP contribution in [0.1, 0.15) is 22.2 Å². The Bertz CT molecular complexity index is 615. The molecule has 0 atom stereocenters. The molecule has 0 N–H and O–H groups in total. The third kappa shape index (κ3) is 3.15. The van der Waals surface area contributed by atoms with Crippen molar-refractivity contribution >= 4 is 34.1 Å². The highest BCUT2D eigenvalue weighted by molar-refractivity contribution is 7.27. The van der Waals surface area contributed by atoms with Crippen LogP contribution in [0.5, 0.6) is 0 Å². The van der Waals surface area contributed by atoms with Crippen LogP contribution in [0.3, 0.4) is 0 Å². The van der Waals surface area contributed by atoms with Gasteiger partial charge in [-0.3, -0.25) is 4.79 Å². The fourth-order valence-electron chi connectivity index (χ4n) is 1.61. The second-order valence-corrected chi connectivity index (χ2v) is 6.87. The maximum atomic E-state index is 11.2. The van der Waals surface area contributed by atoms with Gasteiger partial charge in [-0.2, -0.15) is 0 Å². The molecule has 1 aromatic carbocycles. The zero-order valence-electron chi connectivity index (χ0n) is 10.7. The average Bonchev–Trinajstić information content (AvgIpc) is 2.60. The zero-order valence-corrected chi connectivity index (χ0v) is 12.3. The highest BCUT2D eigenvalue weighted by Gasteiger charge is 2.04. The summed E-state index contributed by atoms with van der Waals surface area (Å²) in [4.78, 5) is 18.5. The number of Topliss-reactive ketones (excluding diaryl/α,β-unsaturated/α-hetero) is 1. The van der Waals surface area contributed by atoms with Crippen molar-refractivity contribution in [1.29, 1.82) is 0 Å². The molecule has 18 heavy (non-hydrogen) atoms. The van der Waals surface area contributed by atoms with Crippen LogP contribution in [-0.4, -0.2) is 5.78 Å². The van der Waals surface area contributed by atoms with Crippen molar-refractivity contribution in [2.24, 2.45) is 4.99 Å². The van der Waals surface area contributed by atoms with Gasteiger partial charge < -0.3 is 0 Å². The summed E-state index contributed by atoms with van der Waals surface area (Å²) in [6.45, 7) is 5.83. The SMILES string of the molecule is CC(=O)Cc1ccccc1N=c1sc(C)c(C)s1. The number of aryl methyl sites for hydroxylation is 2. The van der Waals surface area contributed by atoms with Crippen LogP contribution in [0.25, 0.3) is 0 Å². The van der Waals surface area contributed by atoms with Crippen molar-refractivity contribution in [3.63, 3.8) is 0 Å². The lowest BCUT2D eigenvalue weighted by Crippen LogP contribution is -1.97. The van der Waals surface area contributed by atoms with Gasteiger partial charge in [-0.05, 0) is 32.4 Å². The van der Waals surface area contributed by atoms with Gasteiger partial charge in [0.15, 0.2) is 3.98 Å². The molecule has 2 aromatic rings. The molecule has 0 aliphatic heterocycles. The van der Waals surface area contributed by atoms with E-state index < -0.39 is 0 Å². The van der Waals surface area contributed by atoms with Crippen molar-refractivity contribution in [2.75, 3.05) is 0 Å². The van der Waals surface area contributed by atoms with E-state index in [4.69, 9.17) is 0 Å². The molecule has 0 aliphatic carbocycles. The molecule has 0 unspecified atom stereocenters. The van der Waals surface area contributed by atoms with Crippen LogP contribution >= 0.6 is 22.7 Å². The van der Waals surface area contributed by atoms with E-state index in [1.807, 2.05) is 24.3 Å². The van der Waals surface area contributed by atoms with E-state index in [1.165, 1.54) is 9.75 Å². The first-order valence-corrected chi connectivity index (χ1v) is 7.39. The summed E-state index contributed by atoms with van der Waals surface area (Å²) in [5.41, 5.74) is 1.91. The Labute approximate surface area is 115 Å². The molecule has 0 bridgehead atoms. The molecule has 0 amide bonds. The first kappa shape index (κ1) is 13.2. The number of carbonyl (C=O) groups excluding carboxylic acids is 1. The largest absolute Gasteiger partial charge is 0.300 e. The summed E-state index contributed by atoms with van der Waals surface area (Å²) in [5.74, 6) is 0.167. The van der Waals surface area contributed by atoms with Crippen molar-refractivity contribution in [3.05, 3.63) is 43.6 Å². The van der Waals surface area contributed by atoms with E-state index in [2.05, 4.69) is 18.8 Å². The van der Waals surface area contributed by atoms with Gasteiger partial charge in [-0.1, -0.05) is 18.2 Å². The van der Waals surface area contributed by atoms with Gasteiger partial charge in [0.1, 0.15) is 5.78 Å². The Kier molecular flexibility index (Phi) is 4.09. The standard InChI is InChI=1S/C14H15NOS2/c1-9(16)8-12-6-4-5-7-13(12)15-14-17-10(2)11(3)18-14/h4-7H,8H2,1-3H3. The van der Waals surface area contributed by atoms with E-state index in [1.54, 1.807) is 29.6 Å². The summed E-state index contributed by atoms with van der Waals surface area (Å²) in [7, 11) is 0. The Morgan fingerprint density at radius 3 is 2.39 bits per heavy atom. The number of hydrogen-bond acceptors (Lipinski definition) is 4. The molecule has 0 spiro atoms. The molecule has 0 saturated heterocycles. The number of benzene rings is 1. The predicted octanol–water partition coefficient (Wildman–Crippen LogP) is 3.79. The van der Waals surface area contributed by atoms with E-state index >= 15 is 0 Å². The smallest absolute Gasteiger partial charge is 0.171 e. The lowest BCUT2D eigenvalue weighted by atomic mass is 10.1. The van der Waals surface area contributed by atoms with Crippen molar-refractivity contribution in [3.8, 4) is 0 Å². The van der Waals surface area contributed by atoms with Gasteiger partial charge in [0.25, 0.3) is 0 Å². The number of nitrogens with zero attached hydrogens (tertiary/aromatic N) is 1.